The summed E-state index contributed by atoms with van der Waals surface area (Å²) in [6.07, 6.45) is 4.94. The molecule has 1 aliphatic rings. The number of hydrogen-bond donors (Lipinski definition) is 3. The Kier molecular flexibility index (Phi) is 6.70. The molecular weight excluding hydrogens is 390 g/mol. The van der Waals surface area contributed by atoms with Crippen LogP contribution in [-0.2, 0) is 6.54 Å². The average Bonchev–Trinajstić information content (AvgIpc) is 3.29. The highest BCUT2D eigenvalue weighted by Crippen LogP contribution is 2.30. The highest BCUT2D eigenvalue weighted by atomic mass is 32.1. The molecule has 3 N–H and O–H groups in total. The first-order valence-corrected chi connectivity index (χ1v) is 11.6. The summed E-state index contributed by atoms with van der Waals surface area (Å²) in [6, 6.07) is 20.4. The second kappa shape index (κ2) is 9.81. The molecule has 1 aliphatic carbocycles. The summed E-state index contributed by atoms with van der Waals surface area (Å²) in [5.74, 6) is 1.55. The summed E-state index contributed by atoms with van der Waals surface area (Å²) >= 11 is 1.71. The Balaban J connectivity index is 1.58. The van der Waals surface area contributed by atoms with E-state index in [-0.39, 0.29) is 5.75 Å². The van der Waals surface area contributed by atoms with Crippen LogP contribution in [-0.4, -0.2) is 17.1 Å². The highest BCUT2D eigenvalue weighted by molar-refractivity contribution is 7.09. The Labute approximate surface area is 182 Å². The number of phenols is 1. The van der Waals surface area contributed by atoms with Crippen LogP contribution in [0.3, 0.4) is 0 Å². The largest absolute Gasteiger partial charge is 0.506 e. The van der Waals surface area contributed by atoms with Gasteiger partial charge >= 0.3 is 0 Å². The quantitative estimate of drug-likeness (QED) is 0.260. The van der Waals surface area contributed by atoms with E-state index in [1.807, 2.05) is 30.3 Å². The normalized spacial score (nSPS) is 19.4. The van der Waals surface area contributed by atoms with Gasteiger partial charge in [0.25, 0.3) is 0 Å². The molecule has 1 fully saturated rings. The van der Waals surface area contributed by atoms with Crippen molar-refractivity contribution in [2.75, 3.05) is 5.32 Å². The maximum absolute atomic E-state index is 10.5. The second-order valence-corrected chi connectivity index (χ2v) is 9.01. The predicted molar refractivity (Wildman–Crippen MR) is 127 cm³/mol. The van der Waals surface area contributed by atoms with Crippen molar-refractivity contribution in [3.05, 3.63) is 70.9 Å². The standard InChI is InChI=1S/C25H29N3OS/c1-18-8-5-6-12-22(18)27-25(26-17-21-11-7-15-30-21)28-23-16-20(13-14-24(23)29)19-9-3-2-4-10-19/h2-4,7,9-11,13-16,18,22,29H,5-6,8,12,17H2,1H3,(H2,26,27,28). The Morgan fingerprint density at radius 1 is 1.03 bits per heavy atom. The zero-order valence-electron chi connectivity index (χ0n) is 17.3. The molecule has 4 nitrogen and oxygen atoms in total. The molecule has 5 heteroatoms. The molecule has 2 unspecified atom stereocenters. The van der Waals surface area contributed by atoms with E-state index in [2.05, 4.69) is 47.2 Å². The van der Waals surface area contributed by atoms with Gasteiger partial charge in [-0.25, -0.2) is 4.99 Å². The molecule has 1 saturated carbocycles. The average molecular weight is 420 g/mol. The Morgan fingerprint density at radius 3 is 2.63 bits per heavy atom. The summed E-state index contributed by atoms with van der Waals surface area (Å²) < 4.78 is 0. The van der Waals surface area contributed by atoms with E-state index < -0.39 is 0 Å². The van der Waals surface area contributed by atoms with Crippen molar-refractivity contribution < 1.29 is 5.11 Å². The van der Waals surface area contributed by atoms with Gasteiger partial charge in [0.2, 0.25) is 0 Å². The van der Waals surface area contributed by atoms with Gasteiger partial charge in [0.15, 0.2) is 5.96 Å². The van der Waals surface area contributed by atoms with Crippen LogP contribution in [0.1, 0.15) is 37.5 Å². The fourth-order valence-corrected chi connectivity index (χ4v) is 4.59. The zero-order valence-corrected chi connectivity index (χ0v) is 18.2. The molecule has 0 bridgehead atoms. The number of anilines is 1. The van der Waals surface area contributed by atoms with Gasteiger partial charge in [-0.15, -0.1) is 11.3 Å². The lowest BCUT2D eigenvalue weighted by Crippen LogP contribution is -2.44. The topological polar surface area (TPSA) is 56.7 Å². The summed E-state index contributed by atoms with van der Waals surface area (Å²) in [6.45, 7) is 2.93. The monoisotopic (exact) mass is 419 g/mol. The maximum atomic E-state index is 10.5. The van der Waals surface area contributed by atoms with Crippen LogP contribution in [0.15, 0.2) is 71.0 Å². The molecule has 0 saturated heterocycles. The number of aliphatic imine (C=N–C) groups is 1. The predicted octanol–water partition coefficient (Wildman–Crippen LogP) is 6.26. The van der Waals surface area contributed by atoms with Gasteiger partial charge in [-0.05, 0) is 53.5 Å². The van der Waals surface area contributed by atoms with Gasteiger partial charge in [-0.1, -0.05) is 62.2 Å². The van der Waals surface area contributed by atoms with Crippen molar-refractivity contribution in [1.82, 2.24) is 5.32 Å². The second-order valence-electron chi connectivity index (χ2n) is 7.98. The number of rotatable bonds is 5. The van der Waals surface area contributed by atoms with Gasteiger partial charge in [0.1, 0.15) is 5.75 Å². The molecule has 0 radical (unpaired) electrons. The van der Waals surface area contributed by atoms with E-state index in [0.717, 1.165) is 23.5 Å². The van der Waals surface area contributed by atoms with Crippen LogP contribution in [0, 0.1) is 5.92 Å². The van der Waals surface area contributed by atoms with Gasteiger partial charge in [0, 0.05) is 10.9 Å². The summed E-state index contributed by atoms with van der Waals surface area (Å²) in [7, 11) is 0. The molecule has 3 aromatic rings. The van der Waals surface area contributed by atoms with Crippen molar-refractivity contribution >= 4 is 23.0 Å². The number of benzene rings is 2. The number of nitrogens with one attached hydrogen (secondary N) is 2. The lowest BCUT2D eigenvalue weighted by molar-refractivity contribution is 0.308. The highest BCUT2D eigenvalue weighted by Gasteiger charge is 2.22. The Bertz CT molecular complexity index is 969. The molecule has 0 amide bonds. The Hall–Kier alpha value is -2.79. The molecule has 4 rings (SSSR count). The lowest BCUT2D eigenvalue weighted by atomic mass is 9.86. The van der Waals surface area contributed by atoms with Gasteiger partial charge in [-0.2, -0.15) is 0 Å². The fourth-order valence-electron chi connectivity index (χ4n) is 3.96. The van der Waals surface area contributed by atoms with Crippen molar-refractivity contribution in [3.8, 4) is 16.9 Å². The SMILES string of the molecule is CC1CCCCC1NC(=NCc1cccs1)Nc1cc(-c2ccccc2)ccc1O. The zero-order chi connectivity index (χ0) is 20.8. The molecule has 30 heavy (non-hydrogen) atoms. The molecule has 0 spiro atoms. The first-order valence-electron chi connectivity index (χ1n) is 10.7. The smallest absolute Gasteiger partial charge is 0.196 e. The van der Waals surface area contributed by atoms with Crippen molar-refractivity contribution in [2.24, 2.45) is 10.9 Å². The number of guanidine groups is 1. The third kappa shape index (κ3) is 5.22. The maximum Gasteiger partial charge on any atom is 0.196 e. The van der Waals surface area contributed by atoms with E-state index in [0.29, 0.717) is 24.2 Å². The van der Waals surface area contributed by atoms with E-state index in [1.54, 1.807) is 17.4 Å². The minimum atomic E-state index is 0.219. The minimum absolute atomic E-state index is 0.219. The van der Waals surface area contributed by atoms with E-state index in [4.69, 9.17) is 4.99 Å². The van der Waals surface area contributed by atoms with Gasteiger partial charge in [-0.3, -0.25) is 0 Å². The lowest BCUT2D eigenvalue weighted by Gasteiger charge is -2.31. The van der Waals surface area contributed by atoms with Crippen LogP contribution < -0.4 is 10.6 Å². The minimum Gasteiger partial charge on any atom is -0.506 e. The van der Waals surface area contributed by atoms with Crippen LogP contribution in [0.5, 0.6) is 5.75 Å². The summed E-state index contributed by atoms with van der Waals surface area (Å²) in [5, 5.41) is 19.6. The third-order valence-corrected chi connectivity index (χ3v) is 6.62. The van der Waals surface area contributed by atoms with Gasteiger partial charge in [0.05, 0.1) is 12.2 Å². The van der Waals surface area contributed by atoms with Gasteiger partial charge < -0.3 is 15.7 Å². The number of nitrogens with zero attached hydrogens (tertiary/aromatic N) is 1. The fraction of sp³-hybridized carbons (Fsp3) is 0.320. The molecular formula is C25H29N3OS. The third-order valence-electron chi connectivity index (χ3n) is 5.76. The van der Waals surface area contributed by atoms with E-state index in [9.17, 15) is 5.11 Å². The number of aromatic hydroxyl groups is 1. The van der Waals surface area contributed by atoms with Crippen LogP contribution in [0.2, 0.25) is 0 Å². The first kappa shape index (κ1) is 20.5. The van der Waals surface area contributed by atoms with Crippen LogP contribution in [0.25, 0.3) is 11.1 Å². The van der Waals surface area contributed by atoms with E-state index in [1.165, 1.54) is 24.1 Å². The summed E-state index contributed by atoms with van der Waals surface area (Å²) in [4.78, 5) is 6.04. The van der Waals surface area contributed by atoms with E-state index >= 15 is 0 Å². The molecule has 1 heterocycles. The molecule has 2 aromatic carbocycles. The Morgan fingerprint density at radius 2 is 1.87 bits per heavy atom. The molecule has 156 valence electrons. The van der Waals surface area contributed by atoms with Crippen molar-refractivity contribution in [2.45, 2.75) is 45.2 Å². The number of thiophene rings is 1. The number of phenolic OH excluding ortho intramolecular Hbond substituents is 1. The number of hydrogen-bond acceptors (Lipinski definition) is 3. The van der Waals surface area contributed by atoms with Crippen LogP contribution >= 0.6 is 11.3 Å². The molecule has 0 aliphatic heterocycles. The first-order chi connectivity index (χ1) is 14.7. The molecule has 2 atom stereocenters. The van der Waals surface area contributed by atoms with Crippen molar-refractivity contribution in [1.29, 1.82) is 0 Å². The van der Waals surface area contributed by atoms with Crippen LogP contribution in [0.4, 0.5) is 5.69 Å². The molecule has 1 aromatic heterocycles. The van der Waals surface area contributed by atoms with Crippen molar-refractivity contribution in [3.63, 3.8) is 0 Å². The summed E-state index contributed by atoms with van der Waals surface area (Å²) in [5.41, 5.74) is 2.84.